The van der Waals surface area contributed by atoms with Gasteiger partial charge in [-0.25, -0.2) is 12.8 Å². The normalized spacial score (nSPS) is 11.2. The summed E-state index contributed by atoms with van der Waals surface area (Å²) in [5.41, 5.74) is 0.965. The average Bonchev–Trinajstić information content (AvgIpc) is 2.68. The molecule has 0 aromatic heterocycles. The van der Waals surface area contributed by atoms with Crippen molar-refractivity contribution < 1.29 is 17.5 Å². The molecule has 0 bridgehead atoms. The zero-order valence-electron chi connectivity index (χ0n) is 14.2. The molecule has 0 saturated heterocycles. The van der Waals surface area contributed by atoms with Crippen LogP contribution < -0.4 is 9.04 Å². The standard InChI is InChI=1S/C20H18FNO3S/c1-22(26(23,24)19-8-3-2-4-9-19)17-11-13-18(14-12-17)25-15-16-7-5-6-10-20(16)21/h2-14H,15H2,1H3. The summed E-state index contributed by atoms with van der Waals surface area (Å²) in [5.74, 6) is 0.209. The highest BCUT2D eigenvalue weighted by Gasteiger charge is 2.20. The van der Waals surface area contributed by atoms with Gasteiger partial charge in [-0.3, -0.25) is 4.31 Å². The molecule has 0 amide bonds. The number of rotatable bonds is 6. The van der Waals surface area contributed by atoms with E-state index >= 15 is 0 Å². The average molecular weight is 371 g/mol. The summed E-state index contributed by atoms with van der Waals surface area (Å²) in [6, 6.07) is 21.3. The van der Waals surface area contributed by atoms with Crippen LogP contribution in [-0.4, -0.2) is 15.5 Å². The lowest BCUT2D eigenvalue weighted by atomic mass is 10.2. The van der Waals surface area contributed by atoms with Gasteiger partial charge in [0.05, 0.1) is 10.6 Å². The van der Waals surface area contributed by atoms with Crippen LogP contribution in [0.1, 0.15) is 5.56 Å². The van der Waals surface area contributed by atoms with Crippen LogP contribution in [0.15, 0.2) is 83.8 Å². The molecule has 3 aromatic carbocycles. The van der Waals surface area contributed by atoms with Crippen molar-refractivity contribution in [1.82, 2.24) is 0 Å². The van der Waals surface area contributed by atoms with Gasteiger partial charge in [-0.1, -0.05) is 36.4 Å². The van der Waals surface area contributed by atoms with E-state index in [-0.39, 0.29) is 17.3 Å². The van der Waals surface area contributed by atoms with Gasteiger partial charge in [0, 0.05) is 12.6 Å². The zero-order chi connectivity index (χ0) is 18.6. The molecule has 134 valence electrons. The molecule has 0 aliphatic rings. The van der Waals surface area contributed by atoms with Crippen molar-refractivity contribution in [3.63, 3.8) is 0 Å². The predicted octanol–water partition coefficient (Wildman–Crippen LogP) is 4.23. The predicted molar refractivity (Wildman–Crippen MR) is 99.2 cm³/mol. The van der Waals surface area contributed by atoms with E-state index in [1.165, 1.54) is 17.4 Å². The van der Waals surface area contributed by atoms with Crippen molar-refractivity contribution in [3.8, 4) is 5.75 Å². The van der Waals surface area contributed by atoms with Crippen molar-refractivity contribution >= 4 is 15.7 Å². The highest BCUT2D eigenvalue weighted by atomic mass is 32.2. The second kappa shape index (κ2) is 7.58. The first-order valence-electron chi connectivity index (χ1n) is 7.99. The highest BCUT2D eigenvalue weighted by Crippen LogP contribution is 2.24. The van der Waals surface area contributed by atoms with Gasteiger partial charge < -0.3 is 4.74 Å². The molecule has 3 aromatic rings. The Balaban J connectivity index is 1.72. The Kier molecular flexibility index (Phi) is 5.23. The van der Waals surface area contributed by atoms with E-state index in [9.17, 15) is 12.8 Å². The molecule has 0 unspecified atom stereocenters. The topological polar surface area (TPSA) is 46.6 Å². The van der Waals surface area contributed by atoms with Crippen LogP contribution in [0.2, 0.25) is 0 Å². The molecular formula is C20H18FNO3S. The first kappa shape index (κ1) is 17.9. The first-order valence-corrected chi connectivity index (χ1v) is 9.43. The molecule has 0 radical (unpaired) electrons. The summed E-state index contributed by atoms with van der Waals surface area (Å²) in [6.07, 6.45) is 0. The van der Waals surface area contributed by atoms with E-state index in [4.69, 9.17) is 4.74 Å². The van der Waals surface area contributed by atoms with Gasteiger partial charge >= 0.3 is 0 Å². The largest absolute Gasteiger partial charge is 0.489 e. The van der Waals surface area contributed by atoms with E-state index < -0.39 is 10.0 Å². The Labute approximate surface area is 152 Å². The number of nitrogens with zero attached hydrogens (tertiary/aromatic N) is 1. The molecule has 0 N–H and O–H groups in total. The molecule has 0 heterocycles. The lowest BCUT2D eigenvalue weighted by Crippen LogP contribution is -2.26. The maximum atomic E-state index is 13.6. The number of anilines is 1. The molecule has 0 aliphatic heterocycles. The van der Waals surface area contributed by atoms with Crippen LogP contribution in [0.25, 0.3) is 0 Å². The minimum atomic E-state index is -3.62. The smallest absolute Gasteiger partial charge is 0.264 e. The molecule has 0 saturated carbocycles. The quantitative estimate of drug-likeness (QED) is 0.651. The Morgan fingerprint density at radius 2 is 1.50 bits per heavy atom. The van der Waals surface area contributed by atoms with E-state index in [2.05, 4.69) is 0 Å². The third-order valence-corrected chi connectivity index (χ3v) is 5.75. The van der Waals surface area contributed by atoms with Crippen molar-refractivity contribution in [2.24, 2.45) is 0 Å². The van der Waals surface area contributed by atoms with E-state index in [0.717, 1.165) is 0 Å². The van der Waals surface area contributed by atoms with E-state index in [1.807, 2.05) is 0 Å². The first-order chi connectivity index (χ1) is 12.5. The molecule has 0 fully saturated rings. The molecular weight excluding hydrogens is 353 g/mol. The summed E-state index contributed by atoms with van der Waals surface area (Å²) < 4.78 is 45.6. The summed E-state index contributed by atoms with van der Waals surface area (Å²) in [5, 5.41) is 0. The lowest BCUT2D eigenvalue weighted by Gasteiger charge is -2.19. The molecule has 4 nitrogen and oxygen atoms in total. The maximum Gasteiger partial charge on any atom is 0.264 e. The Morgan fingerprint density at radius 3 is 2.15 bits per heavy atom. The van der Waals surface area contributed by atoms with Crippen LogP contribution in [0.3, 0.4) is 0 Å². The van der Waals surface area contributed by atoms with Crippen LogP contribution in [-0.2, 0) is 16.6 Å². The van der Waals surface area contributed by atoms with Gasteiger partial charge in [0.25, 0.3) is 10.0 Å². The van der Waals surface area contributed by atoms with Crippen LogP contribution >= 0.6 is 0 Å². The Bertz CT molecular complexity index is 973. The summed E-state index contributed by atoms with van der Waals surface area (Å²) >= 11 is 0. The third-order valence-electron chi connectivity index (χ3n) is 3.95. The van der Waals surface area contributed by atoms with E-state index in [1.54, 1.807) is 72.8 Å². The van der Waals surface area contributed by atoms with Crippen LogP contribution in [0.4, 0.5) is 10.1 Å². The summed E-state index contributed by atoms with van der Waals surface area (Å²) in [7, 11) is -2.13. The van der Waals surface area contributed by atoms with Gasteiger partial charge in [-0.15, -0.1) is 0 Å². The Morgan fingerprint density at radius 1 is 0.885 bits per heavy atom. The van der Waals surface area contributed by atoms with E-state index in [0.29, 0.717) is 17.0 Å². The fraction of sp³-hybridized carbons (Fsp3) is 0.100. The number of hydrogen-bond donors (Lipinski definition) is 0. The number of benzene rings is 3. The van der Waals surface area contributed by atoms with Crippen molar-refractivity contribution in [2.75, 3.05) is 11.4 Å². The number of ether oxygens (including phenoxy) is 1. The molecule has 6 heteroatoms. The fourth-order valence-corrected chi connectivity index (χ4v) is 3.63. The summed E-state index contributed by atoms with van der Waals surface area (Å²) in [4.78, 5) is 0.224. The molecule has 0 spiro atoms. The fourth-order valence-electron chi connectivity index (χ4n) is 2.42. The third kappa shape index (κ3) is 3.86. The number of hydrogen-bond acceptors (Lipinski definition) is 3. The van der Waals surface area contributed by atoms with Crippen molar-refractivity contribution in [3.05, 3.63) is 90.2 Å². The monoisotopic (exact) mass is 371 g/mol. The summed E-state index contributed by atoms with van der Waals surface area (Å²) in [6.45, 7) is 0.101. The Hall–Kier alpha value is -2.86. The van der Waals surface area contributed by atoms with Gasteiger partial charge in [-0.2, -0.15) is 0 Å². The number of sulfonamides is 1. The van der Waals surface area contributed by atoms with Gasteiger partial charge in [0.15, 0.2) is 0 Å². The molecule has 26 heavy (non-hydrogen) atoms. The number of halogens is 1. The zero-order valence-corrected chi connectivity index (χ0v) is 15.0. The molecule has 3 rings (SSSR count). The second-order valence-corrected chi connectivity index (χ2v) is 7.63. The van der Waals surface area contributed by atoms with Gasteiger partial charge in [-0.05, 0) is 42.5 Å². The maximum absolute atomic E-state index is 13.6. The second-order valence-electron chi connectivity index (χ2n) is 5.66. The SMILES string of the molecule is CN(c1ccc(OCc2ccccc2F)cc1)S(=O)(=O)c1ccccc1. The van der Waals surface area contributed by atoms with Crippen LogP contribution in [0.5, 0.6) is 5.75 Å². The molecule has 0 atom stereocenters. The minimum Gasteiger partial charge on any atom is -0.489 e. The van der Waals surface area contributed by atoms with Gasteiger partial charge in [0.2, 0.25) is 0 Å². The highest BCUT2D eigenvalue weighted by molar-refractivity contribution is 7.92. The van der Waals surface area contributed by atoms with Crippen LogP contribution in [0, 0.1) is 5.82 Å². The minimum absolute atomic E-state index is 0.101. The van der Waals surface area contributed by atoms with Gasteiger partial charge in [0.1, 0.15) is 18.2 Å². The van der Waals surface area contributed by atoms with Crippen molar-refractivity contribution in [2.45, 2.75) is 11.5 Å². The van der Waals surface area contributed by atoms with Crippen molar-refractivity contribution in [1.29, 1.82) is 0 Å². The lowest BCUT2D eigenvalue weighted by molar-refractivity contribution is 0.300. The molecule has 0 aliphatic carbocycles.